The lowest BCUT2D eigenvalue weighted by Crippen LogP contribution is -2.40. The normalized spacial score (nSPS) is 15.3. The van der Waals surface area contributed by atoms with E-state index in [0.29, 0.717) is 11.6 Å². The second kappa shape index (κ2) is 4.86. The summed E-state index contributed by atoms with van der Waals surface area (Å²) in [4.78, 5) is 8.85. The van der Waals surface area contributed by atoms with Gasteiger partial charge in [0.2, 0.25) is 0 Å². The lowest BCUT2D eigenvalue weighted by molar-refractivity contribution is 0.699. The highest BCUT2D eigenvalue weighted by Crippen LogP contribution is 2.11. The van der Waals surface area contributed by atoms with E-state index in [4.69, 9.17) is 11.6 Å². The Morgan fingerprint density at radius 2 is 2.33 bits per heavy atom. The molecule has 1 aliphatic rings. The van der Waals surface area contributed by atoms with Crippen LogP contribution in [0.1, 0.15) is 12.1 Å². The third-order valence-corrected chi connectivity index (χ3v) is 3.02. The summed E-state index contributed by atoms with van der Waals surface area (Å²) in [6.07, 6.45) is 4.92. The van der Waals surface area contributed by atoms with E-state index in [1.807, 2.05) is 28.9 Å². The fraction of sp³-hybridized carbons (Fsp3) is 0.333. The molecule has 0 amide bonds. The summed E-state index contributed by atoms with van der Waals surface area (Å²) < 4.78 is 1.93. The van der Waals surface area contributed by atoms with Crippen LogP contribution in [0, 0.1) is 0 Å². The third-order valence-electron chi connectivity index (χ3n) is 2.80. The molecule has 0 aromatic carbocycles. The summed E-state index contributed by atoms with van der Waals surface area (Å²) in [6, 6.07) is 3.75. The Morgan fingerprint density at radius 3 is 3.17 bits per heavy atom. The van der Waals surface area contributed by atoms with Crippen molar-refractivity contribution in [1.29, 1.82) is 0 Å². The van der Waals surface area contributed by atoms with Gasteiger partial charge in [0.15, 0.2) is 5.96 Å². The van der Waals surface area contributed by atoms with Crippen LogP contribution in [-0.4, -0.2) is 28.4 Å². The summed E-state index contributed by atoms with van der Waals surface area (Å²) in [5.41, 5.74) is 1.86. The van der Waals surface area contributed by atoms with Crippen molar-refractivity contribution < 1.29 is 0 Å². The summed E-state index contributed by atoms with van der Waals surface area (Å²) in [7, 11) is 0. The van der Waals surface area contributed by atoms with Crippen molar-refractivity contribution in [1.82, 2.24) is 20.0 Å². The Labute approximate surface area is 110 Å². The number of rotatable bonds is 2. The number of nitrogens with one attached hydrogen (secondary N) is 2. The number of nitrogens with zero attached hydrogens (tertiary/aromatic N) is 3. The van der Waals surface area contributed by atoms with E-state index < -0.39 is 0 Å². The maximum atomic E-state index is 5.93. The zero-order valence-electron chi connectivity index (χ0n) is 9.86. The Balaban J connectivity index is 1.72. The molecule has 3 rings (SSSR count). The molecule has 0 saturated carbocycles. The van der Waals surface area contributed by atoms with Crippen LogP contribution in [-0.2, 0) is 6.54 Å². The molecule has 3 heterocycles. The molecule has 0 radical (unpaired) electrons. The molecule has 0 saturated heterocycles. The molecule has 18 heavy (non-hydrogen) atoms. The molecule has 94 valence electrons. The third kappa shape index (κ3) is 2.41. The zero-order chi connectivity index (χ0) is 12.4. The monoisotopic (exact) mass is 263 g/mol. The van der Waals surface area contributed by atoms with Gasteiger partial charge in [0.25, 0.3) is 0 Å². The van der Waals surface area contributed by atoms with Crippen molar-refractivity contribution in [3.05, 3.63) is 35.2 Å². The number of pyridine rings is 1. The first kappa shape index (κ1) is 11.3. The molecular formula is C12H14ClN5. The van der Waals surface area contributed by atoms with Crippen molar-refractivity contribution in [2.24, 2.45) is 4.99 Å². The fourth-order valence-corrected chi connectivity index (χ4v) is 2.10. The summed E-state index contributed by atoms with van der Waals surface area (Å²) in [5.74, 6) is 0.858. The second-order valence-electron chi connectivity index (χ2n) is 4.21. The van der Waals surface area contributed by atoms with E-state index in [2.05, 4.69) is 20.6 Å². The lowest BCUT2D eigenvalue weighted by Gasteiger charge is -2.15. The van der Waals surface area contributed by atoms with Crippen molar-refractivity contribution in [3.8, 4) is 0 Å². The predicted octanol–water partition coefficient (Wildman–Crippen LogP) is 1.43. The minimum absolute atomic E-state index is 0.658. The lowest BCUT2D eigenvalue weighted by atomic mass is 10.4. The van der Waals surface area contributed by atoms with Crippen molar-refractivity contribution in [3.63, 3.8) is 0 Å². The van der Waals surface area contributed by atoms with Crippen LogP contribution in [0.5, 0.6) is 0 Å². The van der Waals surface area contributed by atoms with E-state index in [0.717, 1.165) is 36.8 Å². The highest BCUT2D eigenvalue weighted by molar-refractivity contribution is 6.30. The molecular weight excluding hydrogens is 250 g/mol. The number of guanidine groups is 1. The van der Waals surface area contributed by atoms with Gasteiger partial charge in [0.05, 0.1) is 17.3 Å². The molecule has 0 aliphatic carbocycles. The summed E-state index contributed by atoms with van der Waals surface area (Å²) >= 11 is 5.93. The van der Waals surface area contributed by atoms with E-state index in [-0.39, 0.29) is 0 Å². The van der Waals surface area contributed by atoms with Gasteiger partial charge in [-0.3, -0.25) is 4.99 Å². The van der Waals surface area contributed by atoms with Crippen LogP contribution < -0.4 is 10.6 Å². The molecule has 2 N–H and O–H groups in total. The van der Waals surface area contributed by atoms with Crippen LogP contribution >= 0.6 is 11.6 Å². The fourth-order valence-electron chi connectivity index (χ4n) is 1.93. The molecule has 0 unspecified atom stereocenters. The first-order chi connectivity index (χ1) is 8.81. The molecule has 2 aromatic heterocycles. The predicted molar refractivity (Wildman–Crippen MR) is 72.0 cm³/mol. The minimum atomic E-state index is 0.658. The largest absolute Gasteiger partial charge is 0.356 e. The van der Waals surface area contributed by atoms with Crippen LogP contribution in [0.4, 0.5) is 0 Å². The van der Waals surface area contributed by atoms with Gasteiger partial charge in [-0.15, -0.1) is 0 Å². The Bertz CT molecular complexity index is 589. The van der Waals surface area contributed by atoms with Gasteiger partial charge in [-0.1, -0.05) is 11.6 Å². The molecule has 2 aromatic rings. The van der Waals surface area contributed by atoms with E-state index in [1.54, 1.807) is 0 Å². The number of imidazole rings is 1. The number of halogens is 1. The molecule has 1 aliphatic heterocycles. The molecule has 6 heteroatoms. The van der Waals surface area contributed by atoms with Crippen LogP contribution in [0.15, 0.2) is 29.5 Å². The number of aromatic nitrogens is 2. The van der Waals surface area contributed by atoms with Gasteiger partial charge in [0.1, 0.15) is 5.65 Å². The Morgan fingerprint density at radius 1 is 1.39 bits per heavy atom. The molecule has 0 atom stereocenters. The number of hydrogen-bond donors (Lipinski definition) is 2. The van der Waals surface area contributed by atoms with Crippen molar-refractivity contribution in [2.75, 3.05) is 13.1 Å². The maximum Gasteiger partial charge on any atom is 0.191 e. The minimum Gasteiger partial charge on any atom is -0.356 e. The maximum absolute atomic E-state index is 5.93. The quantitative estimate of drug-likeness (QED) is 0.862. The second-order valence-corrected chi connectivity index (χ2v) is 4.65. The van der Waals surface area contributed by atoms with Crippen LogP contribution in [0.3, 0.4) is 0 Å². The van der Waals surface area contributed by atoms with Gasteiger partial charge in [0, 0.05) is 25.5 Å². The smallest absolute Gasteiger partial charge is 0.191 e. The number of hydrogen-bond acceptors (Lipinski definition) is 4. The van der Waals surface area contributed by atoms with Crippen LogP contribution in [0.2, 0.25) is 5.02 Å². The highest BCUT2D eigenvalue weighted by atomic mass is 35.5. The molecule has 0 bridgehead atoms. The van der Waals surface area contributed by atoms with Gasteiger partial charge in [-0.25, -0.2) is 4.98 Å². The zero-order valence-corrected chi connectivity index (χ0v) is 10.6. The van der Waals surface area contributed by atoms with E-state index in [1.165, 1.54) is 0 Å². The Hall–Kier alpha value is -1.75. The number of fused-ring (bicyclic) bond motifs is 1. The molecule has 0 fully saturated rings. The molecule has 0 spiro atoms. The Kier molecular flexibility index (Phi) is 3.06. The van der Waals surface area contributed by atoms with Gasteiger partial charge < -0.3 is 15.0 Å². The summed E-state index contributed by atoms with van der Waals surface area (Å²) in [6.45, 7) is 2.52. The average Bonchev–Trinajstić information content (AvgIpc) is 2.79. The molecule has 5 nitrogen and oxygen atoms in total. The first-order valence-electron chi connectivity index (χ1n) is 5.96. The van der Waals surface area contributed by atoms with Crippen molar-refractivity contribution >= 4 is 23.2 Å². The van der Waals surface area contributed by atoms with Gasteiger partial charge in [-0.2, -0.15) is 0 Å². The average molecular weight is 264 g/mol. The topological polar surface area (TPSA) is 53.7 Å². The van der Waals surface area contributed by atoms with E-state index in [9.17, 15) is 0 Å². The standard InChI is InChI=1S/C12H14ClN5/c13-9-2-3-11-17-10(8-18(11)7-9)6-16-12-14-4-1-5-15-12/h2-3,7-8H,1,4-6H2,(H2,14,15,16). The highest BCUT2D eigenvalue weighted by Gasteiger charge is 2.05. The number of aliphatic imine (C=N–C) groups is 1. The van der Waals surface area contributed by atoms with Gasteiger partial charge >= 0.3 is 0 Å². The SMILES string of the molecule is Clc1ccc2nc(CNC3=NCCCN3)cn2c1. The van der Waals surface area contributed by atoms with Crippen molar-refractivity contribution in [2.45, 2.75) is 13.0 Å². The summed E-state index contributed by atoms with van der Waals surface area (Å²) in [5, 5.41) is 7.17. The van der Waals surface area contributed by atoms with Gasteiger partial charge in [-0.05, 0) is 18.6 Å². The first-order valence-corrected chi connectivity index (χ1v) is 6.34. The van der Waals surface area contributed by atoms with Crippen LogP contribution in [0.25, 0.3) is 5.65 Å². The van der Waals surface area contributed by atoms with E-state index >= 15 is 0 Å².